The van der Waals surface area contributed by atoms with Crippen molar-refractivity contribution in [1.29, 1.82) is 0 Å². The van der Waals surface area contributed by atoms with Crippen LogP contribution in [0.1, 0.15) is 20.3 Å². The van der Waals surface area contributed by atoms with Crippen LogP contribution in [0.5, 0.6) is 0 Å². The Morgan fingerprint density at radius 1 is 1.55 bits per heavy atom. The molecule has 0 aromatic heterocycles. The Morgan fingerprint density at radius 2 is 2.00 bits per heavy atom. The molecule has 0 aromatic carbocycles. The van der Waals surface area contributed by atoms with Gasteiger partial charge in [0.15, 0.2) is 0 Å². The van der Waals surface area contributed by atoms with Gasteiger partial charge in [-0.2, -0.15) is 0 Å². The molecule has 0 amide bonds. The first kappa shape index (κ1) is 14.6. The summed E-state index contributed by atoms with van der Waals surface area (Å²) < 4.78 is 14.6. The molecule has 2 N–H and O–H groups in total. The average Bonchev–Trinajstić information content (AvgIpc) is 1.58. The molecule has 0 aliphatic carbocycles. The maximum atomic E-state index is 10.1. The van der Waals surface area contributed by atoms with Gasteiger partial charge in [-0.25, -0.2) is 0 Å². The van der Waals surface area contributed by atoms with Crippen LogP contribution in [0.2, 0.25) is 0 Å². The maximum Gasteiger partial charge on any atom is 0.316 e. The zero-order valence-corrected chi connectivity index (χ0v) is 10.1. The van der Waals surface area contributed by atoms with Crippen LogP contribution in [0.3, 0.4) is 0 Å². The zero-order valence-electron chi connectivity index (χ0n) is 7.07. The SMILES string of the molecule is CC(O)CC(C)O[PH](=O)O.[Na]. The predicted octanol–water partition coefficient (Wildman–Crippen LogP) is 0.164. The second-order valence-corrected chi connectivity index (χ2v) is 3.05. The molecule has 0 fully saturated rings. The molecule has 0 saturated heterocycles. The molecular weight excluding hydrogens is 178 g/mol. The van der Waals surface area contributed by atoms with Crippen LogP contribution in [0.15, 0.2) is 0 Å². The molecule has 3 unspecified atom stereocenters. The van der Waals surface area contributed by atoms with Crippen molar-refractivity contribution in [2.75, 3.05) is 0 Å². The van der Waals surface area contributed by atoms with Crippen molar-refractivity contribution in [3.63, 3.8) is 0 Å². The summed E-state index contributed by atoms with van der Waals surface area (Å²) in [7, 11) is -2.84. The van der Waals surface area contributed by atoms with E-state index in [1.165, 1.54) is 0 Å². The first-order chi connectivity index (χ1) is 4.52. The number of rotatable bonds is 4. The molecule has 4 nitrogen and oxygen atoms in total. The molecule has 63 valence electrons. The second kappa shape index (κ2) is 7.74. The largest absolute Gasteiger partial charge is 0.393 e. The van der Waals surface area contributed by atoms with Gasteiger partial charge in [-0.15, -0.1) is 0 Å². The summed E-state index contributed by atoms with van der Waals surface area (Å²) in [6.45, 7) is 3.25. The Bertz CT molecular complexity index is 119. The maximum absolute atomic E-state index is 10.1. The van der Waals surface area contributed by atoms with E-state index < -0.39 is 14.4 Å². The van der Waals surface area contributed by atoms with E-state index in [0.29, 0.717) is 6.42 Å². The van der Waals surface area contributed by atoms with E-state index in [9.17, 15) is 4.57 Å². The van der Waals surface area contributed by atoms with Gasteiger partial charge in [0.1, 0.15) is 0 Å². The van der Waals surface area contributed by atoms with E-state index in [1.807, 2.05) is 0 Å². The molecule has 11 heavy (non-hydrogen) atoms. The third-order valence-corrected chi connectivity index (χ3v) is 1.58. The predicted molar refractivity (Wildman–Crippen MR) is 43.8 cm³/mol. The van der Waals surface area contributed by atoms with E-state index in [2.05, 4.69) is 4.52 Å². The third-order valence-electron chi connectivity index (χ3n) is 0.975. The van der Waals surface area contributed by atoms with Gasteiger partial charge >= 0.3 is 8.25 Å². The van der Waals surface area contributed by atoms with E-state index >= 15 is 0 Å². The minimum absolute atomic E-state index is 0. The molecule has 0 saturated carbocycles. The number of aliphatic hydroxyl groups is 1. The first-order valence-electron chi connectivity index (χ1n) is 3.10. The van der Waals surface area contributed by atoms with Gasteiger partial charge in [0.05, 0.1) is 12.2 Å². The quantitative estimate of drug-likeness (QED) is 0.490. The van der Waals surface area contributed by atoms with Crippen LogP contribution in [-0.4, -0.2) is 51.8 Å². The van der Waals surface area contributed by atoms with Gasteiger partial charge in [-0.05, 0) is 20.3 Å². The van der Waals surface area contributed by atoms with Crippen molar-refractivity contribution in [2.45, 2.75) is 32.5 Å². The molecule has 0 bridgehead atoms. The number of hydrogen-bond donors (Lipinski definition) is 2. The Kier molecular flexibility index (Phi) is 10.3. The van der Waals surface area contributed by atoms with Gasteiger partial charge in [0.2, 0.25) is 0 Å². The van der Waals surface area contributed by atoms with Gasteiger partial charge < -0.3 is 14.5 Å². The van der Waals surface area contributed by atoms with Gasteiger partial charge in [0.25, 0.3) is 0 Å². The fraction of sp³-hybridized carbons (Fsp3) is 1.00. The van der Waals surface area contributed by atoms with Crippen LogP contribution in [0, 0.1) is 0 Å². The summed E-state index contributed by atoms with van der Waals surface area (Å²) in [5.41, 5.74) is 0. The summed E-state index contributed by atoms with van der Waals surface area (Å²) >= 11 is 0. The third kappa shape index (κ3) is 11.1. The van der Waals surface area contributed by atoms with Crippen molar-refractivity contribution in [1.82, 2.24) is 0 Å². The van der Waals surface area contributed by atoms with Crippen LogP contribution < -0.4 is 0 Å². The summed E-state index contributed by atoms with van der Waals surface area (Å²) in [5, 5.41) is 8.78. The Hall–Kier alpha value is 1.11. The molecule has 0 rings (SSSR count). The van der Waals surface area contributed by atoms with E-state index in [0.717, 1.165) is 0 Å². The van der Waals surface area contributed by atoms with Crippen LogP contribution in [-0.2, 0) is 9.09 Å². The minimum Gasteiger partial charge on any atom is -0.393 e. The summed E-state index contributed by atoms with van der Waals surface area (Å²) in [4.78, 5) is 8.28. The topological polar surface area (TPSA) is 66.8 Å². The van der Waals surface area contributed by atoms with E-state index in [-0.39, 0.29) is 35.7 Å². The standard InChI is InChI=1S/C5H13O4P.Na/c1-4(6)3-5(2)9-10(7)8;/h4-6,10H,3H2,1-2H3,(H,7,8);. The minimum atomic E-state index is -2.84. The number of aliphatic hydroxyl groups excluding tert-OH is 1. The van der Waals surface area contributed by atoms with Crippen molar-refractivity contribution in [2.24, 2.45) is 0 Å². The monoisotopic (exact) mass is 191 g/mol. The Labute approximate surface area is 89.2 Å². The fourth-order valence-electron chi connectivity index (χ4n) is 0.701. The molecule has 1 radical (unpaired) electrons. The average molecular weight is 191 g/mol. The van der Waals surface area contributed by atoms with Gasteiger partial charge in [-0.1, -0.05) is 0 Å². The van der Waals surface area contributed by atoms with Crippen molar-refractivity contribution >= 4 is 37.8 Å². The molecule has 0 spiro atoms. The Morgan fingerprint density at radius 3 is 2.27 bits per heavy atom. The summed E-state index contributed by atoms with van der Waals surface area (Å²) in [5.74, 6) is 0. The normalized spacial score (nSPS) is 18.2. The zero-order chi connectivity index (χ0) is 8.15. The fourth-order valence-corrected chi connectivity index (χ4v) is 1.14. The Balaban J connectivity index is 0. The van der Waals surface area contributed by atoms with Crippen molar-refractivity contribution < 1.29 is 19.1 Å². The summed E-state index contributed by atoms with van der Waals surface area (Å²) in [6.07, 6.45) is -0.454. The van der Waals surface area contributed by atoms with E-state index in [4.69, 9.17) is 10.00 Å². The molecular formula is C5H13NaO4P. The second-order valence-electron chi connectivity index (χ2n) is 2.28. The molecule has 3 atom stereocenters. The molecule has 0 heterocycles. The van der Waals surface area contributed by atoms with Gasteiger partial charge in [-0.3, -0.25) is 4.57 Å². The van der Waals surface area contributed by atoms with Crippen molar-refractivity contribution in [3.05, 3.63) is 0 Å². The first-order valence-corrected chi connectivity index (χ1v) is 4.36. The molecule has 0 aliphatic heterocycles. The van der Waals surface area contributed by atoms with E-state index in [1.54, 1.807) is 13.8 Å². The summed E-state index contributed by atoms with van der Waals surface area (Å²) in [6, 6.07) is 0. The van der Waals surface area contributed by atoms with Crippen molar-refractivity contribution in [3.8, 4) is 0 Å². The molecule has 6 heteroatoms. The molecule has 0 aromatic rings. The van der Waals surface area contributed by atoms with Crippen LogP contribution in [0.25, 0.3) is 0 Å². The van der Waals surface area contributed by atoms with Crippen LogP contribution in [0.4, 0.5) is 0 Å². The number of hydrogen-bond acceptors (Lipinski definition) is 3. The van der Waals surface area contributed by atoms with Crippen LogP contribution >= 0.6 is 8.25 Å². The molecule has 0 aliphatic rings. The van der Waals surface area contributed by atoms with Gasteiger partial charge in [0, 0.05) is 29.6 Å². The smallest absolute Gasteiger partial charge is 0.316 e.